The third-order valence-electron chi connectivity index (χ3n) is 4.07. The third-order valence-corrected chi connectivity index (χ3v) is 4.37. The number of imide groups is 1. The van der Waals surface area contributed by atoms with Gasteiger partial charge in [0, 0.05) is 24.7 Å². The highest BCUT2D eigenvalue weighted by Crippen LogP contribution is 2.36. The smallest absolute Gasteiger partial charge is 0.261 e. The average molecular weight is 375 g/mol. The summed E-state index contributed by atoms with van der Waals surface area (Å²) in [5.41, 5.74) is 1.07. The van der Waals surface area contributed by atoms with Gasteiger partial charge in [0.15, 0.2) is 0 Å². The standard InChI is InChI=1S/C18H15ClN2O5/c1-21-17(23)10-5-4-9(6-11(10)18(21)24)16(22)20-13-8-14(25-2)12(19)7-15(13)26-3/h4-8H,1-3H3,(H,20,22). The van der Waals surface area contributed by atoms with Crippen molar-refractivity contribution in [1.29, 1.82) is 0 Å². The number of nitrogens with zero attached hydrogens (tertiary/aromatic N) is 1. The van der Waals surface area contributed by atoms with Gasteiger partial charge in [-0.3, -0.25) is 19.3 Å². The minimum absolute atomic E-state index is 0.200. The number of nitrogens with one attached hydrogen (secondary N) is 1. The average Bonchev–Trinajstić information content (AvgIpc) is 2.86. The number of carbonyl (C=O) groups is 3. The molecule has 3 amide bonds. The Morgan fingerprint density at radius 1 is 1.00 bits per heavy atom. The van der Waals surface area contributed by atoms with Crippen LogP contribution < -0.4 is 14.8 Å². The highest BCUT2D eigenvalue weighted by molar-refractivity contribution is 6.32. The zero-order valence-corrected chi connectivity index (χ0v) is 15.0. The summed E-state index contributed by atoms with van der Waals surface area (Å²) in [6.45, 7) is 0. The van der Waals surface area contributed by atoms with Crippen molar-refractivity contribution in [2.24, 2.45) is 0 Å². The summed E-state index contributed by atoms with van der Waals surface area (Å²) < 4.78 is 10.4. The fraction of sp³-hybridized carbons (Fsp3) is 0.167. The van der Waals surface area contributed by atoms with Gasteiger partial charge >= 0.3 is 0 Å². The summed E-state index contributed by atoms with van der Waals surface area (Å²) in [4.78, 5) is 37.6. The van der Waals surface area contributed by atoms with E-state index in [4.69, 9.17) is 21.1 Å². The molecule has 134 valence electrons. The zero-order chi connectivity index (χ0) is 19.0. The molecule has 0 unspecified atom stereocenters. The van der Waals surface area contributed by atoms with E-state index < -0.39 is 11.8 Å². The molecule has 8 heteroatoms. The highest BCUT2D eigenvalue weighted by Gasteiger charge is 2.33. The summed E-state index contributed by atoms with van der Waals surface area (Å²) in [6, 6.07) is 7.41. The number of hydrogen-bond acceptors (Lipinski definition) is 5. The van der Waals surface area contributed by atoms with Gasteiger partial charge in [-0.2, -0.15) is 0 Å². The van der Waals surface area contributed by atoms with Gasteiger partial charge in [0.1, 0.15) is 11.5 Å². The number of rotatable bonds is 4. The molecule has 0 aromatic heterocycles. The second kappa shape index (κ2) is 6.68. The predicted molar refractivity (Wildman–Crippen MR) is 95.4 cm³/mol. The van der Waals surface area contributed by atoms with Crippen molar-refractivity contribution in [3.05, 3.63) is 52.0 Å². The first-order valence-corrected chi connectivity index (χ1v) is 7.94. The lowest BCUT2D eigenvalue weighted by atomic mass is 10.1. The number of benzene rings is 2. The lowest BCUT2D eigenvalue weighted by Crippen LogP contribution is -2.24. The molecule has 1 aliphatic heterocycles. The van der Waals surface area contributed by atoms with Crippen LogP contribution in [0.2, 0.25) is 5.02 Å². The van der Waals surface area contributed by atoms with Crippen molar-refractivity contribution >= 4 is 35.0 Å². The van der Waals surface area contributed by atoms with Gasteiger partial charge in [-0.25, -0.2) is 0 Å². The van der Waals surface area contributed by atoms with Gasteiger partial charge < -0.3 is 14.8 Å². The Hall–Kier alpha value is -3.06. The normalized spacial score (nSPS) is 12.8. The zero-order valence-electron chi connectivity index (χ0n) is 14.3. The molecule has 1 N–H and O–H groups in total. The Balaban J connectivity index is 1.93. The van der Waals surface area contributed by atoms with Crippen molar-refractivity contribution in [1.82, 2.24) is 4.90 Å². The molecule has 0 bridgehead atoms. The van der Waals surface area contributed by atoms with E-state index in [1.54, 1.807) is 0 Å². The van der Waals surface area contributed by atoms with Gasteiger partial charge in [0.25, 0.3) is 17.7 Å². The van der Waals surface area contributed by atoms with Crippen LogP contribution in [0.5, 0.6) is 11.5 Å². The van der Waals surface area contributed by atoms with Gasteiger partial charge in [0.05, 0.1) is 36.1 Å². The van der Waals surface area contributed by atoms with Crippen LogP contribution in [0.1, 0.15) is 31.1 Å². The Morgan fingerprint density at radius 2 is 1.65 bits per heavy atom. The quantitative estimate of drug-likeness (QED) is 0.832. The molecule has 7 nitrogen and oxygen atoms in total. The fourth-order valence-corrected chi connectivity index (χ4v) is 2.89. The molecule has 1 aliphatic rings. The van der Waals surface area contributed by atoms with E-state index in [1.165, 1.54) is 51.6 Å². The molecule has 0 saturated heterocycles. The minimum Gasteiger partial charge on any atom is -0.495 e. The third kappa shape index (κ3) is 2.86. The number of fused-ring (bicyclic) bond motifs is 1. The van der Waals surface area contributed by atoms with Crippen molar-refractivity contribution in [3.63, 3.8) is 0 Å². The minimum atomic E-state index is -0.467. The molecule has 2 aromatic rings. The summed E-state index contributed by atoms with van der Waals surface area (Å²) in [5.74, 6) is -0.563. The van der Waals surface area contributed by atoms with Crippen LogP contribution in [0.25, 0.3) is 0 Å². The molecule has 3 rings (SSSR count). The summed E-state index contributed by atoms with van der Waals surface area (Å²) in [6.07, 6.45) is 0. The van der Waals surface area contributed by atoms with E-state index in [0.717, 1.165) is 4.90 Å². The summed E-state index contributed by atoms with van der Waals surface area (Å²) in [7, 11) is 4.30. The Morgan fingerprint density at radius 3 is 2.31 bits per heavy atom. The van der Waals surface area contributed by atoms with Crippen LogP contribution in [0, 0.1) is 0 Å². The van der Waals surface area contributed by atoms with Crippen LogP contribution in [-0.4, -0.2) is 43.9 Å². The van der Waals surface area contributed by atoms with Crippen molar-refractivity contribution in [3.8, 4) is 11.5 Å². The monoisotopic (exact) mass is 374 g/mol. The molecule has 0 aliphatic carbocycles. The van der Waals surface area contributed by atoms with E-state index in [1.807, 2.05) is 0 Å². The number of amides is 3. The second-order valence-corrected chi connectivity index (χ2v) is 5.98. The maximum absolute atomic E-state index is 12.6. The second-order valence-electron chi connectivity index (χ2n) is 5.57. The van der Waals surface area contributed by atoms with E-state index in [-0.39, 0.29) is 22.6 Å². The van der Waals surface area contributed by atoms with E-state index in [9.17, 15) is 14.4 Å². The lowest BCUT2D eigenvalue weighted by Gasteiger charge is -2.13. The van der Waals surface area contributed by atoms with Gasteiger partial charge in [-0.15, -0.1) is 0 Å². The highest BCUT2D eigenvalue weighted by atomic mass is 35.5. The van der Waals surface area contributed by atoms with Crippen molar-refractivity contribution in [2.75, 3.05) is 26.6 Å². The topological polar surface area (TPSA) is 84.9 Å². The number of hydrogen-bond donors (Lipinski definition) is 1. The van der Waals surface area contributed by atoms with Crippen LogP contribution in [0.15, 0.2) is 30.3 Å². The van der Waals surface area contributed by atoms with Gasteiger partial charge in [-0.1, -0.05) is 11.6 Å². The van der Waals surface area contributed by atoms with Crippen molar-refractivity contribution < 1.29 is 23.9 Å². The van der Waals surface area contributed by atoms with E-state index in [0.29, 0.717) is 22.2 Å². The molecular formula is C18H15ClN2O5. The number of ether oxygens (including phenoxy) is 2. The first kappa shape index (κ1) is 17.8. The maximum atomic E-state index is 12.6. The van der Waals surface area contributed by atoms with Crippen LogP contribution in [-0.2, 0) is 0 Å². The fourth-order valence-electron chi connectivity index (χ4n) is 2.66. The lowest BCUT2D eigenvalue weighted by molar-refractivity contribution is 0.0693. The molecule has 1 heterocycles. The summed E-state index contributed by atoms with van der Waals surface area (Å²) >= 11 is 6.05. The molecule has 0 fully saturated rings. The van der Waals surface area contributed by atoms with Gasteiger partial charge in [-0.05, 0) is 18.2 Å². The summed E-state index contributed by atoms with van der Waals surface area (Å²) in [5, 5.41) is 3.04. The first-order valence-electron chi connectivity index (χ1n) is 7.56. The van der Waals surface area contributed by atoms with E-state index in [2.05, 4.69) is 5.32 Å². The number of halogens is 1. The number of methoxy groups -OCH3 is 2. The number of anilines is 1. The van der Waals surface area contributed by atoms with Crippen molar-refractivity contribution in [2.45, 2.75) is 0 Å². The molecular weight excluding hydrogens is 360 g/mol. The number of carbonyl (C=O) groups excluding carboxylic acids is 3. The SMILES string of the molecule is COc1cc(NC(=O)c2ccc3c(c2)C(=O)N(C)C3=O)c(OC)cc1Cl. The van der Waals surface area contributed by atoms with Crippen LogP contribution >= 0.6 is 11.6 Å². The Labute approximate surface area is 154 Å². The Bertz CT molecular complexity index is 941. The molecule has 0 saturated carbocycles. The largest absolute Gasteiger partial charge is 0.495 e. The van der Waals surface area contributed by atoms with Gasteiger partial charge in [0.2, 0.25) is 0 Å². The first-order chi connectivity index (χ1) is 12.4. The van der Waals surface area contributed by atoms with E-state index >= 15 is 0 Å². The van der Waals surface area contributed by atoms with Crippen LogP contribution in [0.3, 0.4) is 0 Å². The molecule has 0 radical (unpaired) electrons. The molecule has 26 heavy (non-hydrogen) atoms. The maximum Gasteiger partial charge on any atom is 0.261 e. The molecule has 0 atom stereocenters. The Kier molecular flexibility index (Phi) is 4.56. The van der Waals surface area contributed by atoms with Crippen LogP contribution in [0.4, 0.5) is 5.69 Å². The predicted octanol–water partition coefficient (Wildman–Crippen LogP) is 2.84. The molecule has 2 aromatic carbocycles. The molecule has 0 spiro atoms.